The molecule has 8 nitrogen and oxygen atoms in total. The Labute approximate surface area is 161 Å². The zero-order chi connectivity index (χ0) is 18.5. The van der Waals surface area contributed by atoms with E-state index in [-0.39, 0.29) is 5.91 Å². The Morgan fingerprint density at radius 1 is 1.26 bits per heavy atom. The van der Waals surface area contributed by atoms with E-state index in [2.05, 4.69) is 30.0 Å². The summed E-state index contributed by atoms with van der Waals surface area (Å²) in [6, 6.07) is 0. The van der Waals surface area contributed by atoms with Crippen LogP contribution in [0.3, 0.4) is 0 Å². The van der Waals surface area contributed by atoms with E-state index in [0.29, 0.717) is 12.3 Å². The fourth-order valence-corrected chi connectivity index (χ4v) is 4.14. The van der Waals surface area contributed by atoms with Crippen LogP contribution in [0.25, 0.3) is 0 Å². The smallest absolute Gasteiger partial charge is 0.222 e. The second-order valence-corrected chi connectivity index (χ2v) is 7.53. The molecule has 1 fully saturated rings. The maximum absolute atomic E-state index is 12.5. The summed E-state index contributed by atoms with van der Waals surface area (Å²) in [6.45, 7) is 3.10. The van der Waals surface area contributed by atoms with Crippen LogP contribution in [-0.2, 0) is 17.9 Å². The van der Waals surface area contributed by atoms with Crippen molar-refractivity contribution < 1.29 is 4.79 Å². The summed E-state index contributed by atoms with van der Waals surface area (Å²) >= 11 is 1.61. The normalized spacial score (nSPS) is 15.3. The van der Waals surface area contributed by atoms with Gasteiger partial charge < -0.3 is 9.47 Å². The van der Waals surface area contributed by atoms with Gasteiger partial charge in [-0.2, -0.15) is 5.10 Å². The number of imidazole rings is 1. The zero-order valence-corrected chi connectivity index (χ0v) is 16.0. The molecule has 1 amide bonds. The third-order valence-electron chi connectivity index (χ3n) is 5.02. The molecule has 1 aliphatic heterocycles. The number of carbonyl (C=O) groups excluding carboxylic acids is 1. The first-order valence-electron chi connectivity index (χ1n) is 9.28. The molecule has 0 bridgehead atoms. The van der Waals surface area contributed by atoms with Gasteiger partial charge in [-0.25, -0.2) is 15.0 Å². The minimum atomic E-state index is 0.236. The molecule has 0 atom stereocenters. The van der Waals surface area contributed by atoms with Gasteiger partial charge in [-0.05, 0) is 19.3 Å². The summed E-state index contributed by atoms with van der Waals surface area (Å²) in [7, 11) is 0. The van der Waals surface area contributed by atoms with E-state index in [9.17, 15) is 4.79 Å². The lowest BCUT2D eigenvalue weighted by molar-refractivity contribution is -0.132. The number of carbonyl (C=O) groups is 1. The van der Waals surface area contributed by atoms with Crippen molar-refractivity contribution in [2.24, 2.45) is 0 Å². The minimum absolute atomic E-state index is 0.236. The number of piperidine rings is 1. The maximum atomic E-state index is 12.5. The second-order valence-electron chi connectivity index (χ2n) is 6.81. The first kappa shape index (κ1) is 17.8. The molecule has 0 spiro atoms. The van der Waals surface area contributed by atoms with Crippen LogP contribution in [0.4, 0.5) is 0 Å². The van der Waals surface area contributed by atoms with Crippen molar-refractivity contribution in [3.8, 4) is 0 Å². The molecule has 3 aromatic rings. The molecule has 1 aliphatic rings. The van der Waals surface area contributed by atoms with Crippen molar-refractivity contribution in [1.29, 1.82) is 0 Å². The molecule has 1 saturated heterocycles. The monoisotopic (exact) mass is 385 g/mol. The third kappa shape index (κ3) is 4.41. The van der Waals surface area contributed by atoms with Crippen LogP contribution in [-0.4, -0.2) is 53.2 Å². The number of thiazole rings is 1. The molecule has 0 unspecified atom stereocenters. The second kappa shape index (κ2) is 8.43. The van der Waals surface area contributed by atoms with E-state index in [1.165, 1.54) is 6.33 Å². The van der Waals surface area contributed by atoms with Crippen LogP contribution in [0.2, 0.25) is 0 Å². The fraction of sp³-hybridized carbons (Fsp3) is 0.500. The van der Waals surface area contributed by atoms with Crippen LogP contribution < -0.4 is 0 Å². The Morgan fingerprint density at radius 2 is 2.15 bits per heavy atom. The molecule has 4 rings (SSSR count). The molecule has 0 radical (unpaired) electrons. The van der Waals surface area contributed by atoms with E-state index < -0.39 is 0 Å². The Morgan fingerprint density at radius 3 is 2.89 bits per heavy atom. The number of hydrogen-bond acceptors (Lipinski definition) is 6. The van der Waals surface area contributed by atoms with E-state index in [1.807, 2.05) is 22.8 Å². The first-order valence-corrected chi connectivity index (χ1v) is 10.2. The molecule has 27 heavy (non-hydrogen) atoms. The number of aryl methyl sites for hydroxylation is 1. The third-order valence-corrected chi connectivity index (χ3v) is 5.66. The molecular formula is C18H23N7OS. The van der Waals surface area contributed by atoms with Crippen molar-refractivity contribution in [3.05, 3.63) is 47.5 Å². The van der Waals surface area contributed by atoms with Crippen LogP contribution in [0.1, 0.15) is 43.1 Å². The summed E-state index contributed by atoms with van der Waals surface area (Å²) in [4.78, 5) is 27.3. The summed E-state index contributed by atoms with van der Waals surface area (Å²) in [5.74, 6) is 1.75. The fourth-order valence-electron chi connectivity index (χ4n) is 3.59. The van der Waals surface area contributed by atoms with Crippen molar-refractivity contribution >= 4 is 17.2 Å². The number of hydrogen-bond donors (Lipinski definition) is 0. The van der Waals surface area contributed by atoms with Gasteiger partial charge in [-0.3, -0.25) is 9.48 Å². The minimum Gasteiger partial charge on any atom is -0.343 e. The van der Waals surface area contributed by atoms with Gasteiger partial charge in [0.1, 0.15) is 18.5 Å². The number of aromatic nitrogens is 6. The van der Waals surface area contributed by atoms with Crippen LogP contribution >= 0.6 is 11.3 Å². The van der Waals surface area contributed by atoms with E-state index in [0.717, 1.165) is 57.0 Å². The quantitative estimate of drug-likeness (QED) is 0.622. The highest BCUT2D eigenvalue weighted by Gasteiger charge is 2.26. The molecule has 0 saturated carbocycles. The van der Waals surface area contributed by atoms with Gasteiger partial charge in [0.25, 0.3) is 0 Å². The Kier molecular flexibility index (Phi) is 5.57. The van der Waals surface area contributed by atoms with E-state index in [4.69, 9.17) is 0 Å². The van der Waals surface area contributed by atoms with Gasteiger partial charge in [-0.15, -0.1) is 11.3 Å². The standard InChI is InChI=1S/C18H23N7OS/c26-17(2-1-6-25-13-19-12-22-25)23-7-3-15(4-8-23)18-20-5-9-24(18)10-16-11-27-14-21-16/h5,9,11-15H,1-4,6-8,10H2. The molecule has 0 aliphatic carbocycles. The van der Waals surface area contributed by atoms with Crippen LogP contribution in [0.15, 0.2) is 35.9 Å². The van der Waals surface area contributed by atoms with E-state index >= 15 is 0 Å². The maximum Gasteiger partial charge on any atom is 0.222 e. The molecule has 0 N–H and O–H groups in total. The lowest BCUT2D eigenvalue weighted by Crippen LogP contribution is -2.38. The average molecular weight is 385 g/mol. The van der Waals surface area contributed by atoms with Crippen LogP contribution in [0.5, 0.6) is 0 Å². The predicted molar refractivity (Wildman–Crippen MR) is 101 cm³/mol. The summed E-state index contributed by atoms with van der Waals surface area (Å²) in [5.41, 5.74) is 2.93. The first-order chi connectivity index (χ1) is 13.3. The summed E-state index contributed by atoms with van der Waals surface area (Å²) < 4.78 is 3.96. The molecule has 4 heterocycles. The van der Waals surface area contributed by atoms with Crippen molar-refractivity contribution in [3.63, 3.8) is 0 Å². The predicted octanol–water partition coefficient (Wildman–Crippen LogP) is 2.17. The molecular weight excluding hydrogens is 362 g/mol. The van der Waals surface area contributed by atoms with Gasteiger partial charge in [0.2, 0.25) is 5.91 Å². The topological polar surface area (TPSA) is 81.7 Å². The number of nitrogens with zero attached hydrogens (tertiary/aromatic N) is 7. The van der Waals surface area contributed by atoms with Gasteiger partial charge in [0, 0.05) is 49.7 Å². The highest BCUT2D eigenvalue weighted by Crippen LogP contribution is 2.27. The molecule has 9 heteroatoms. The Bertz CT molecular complexity index is 835. The van der Waals surface area contributed by atoms with Crippen molar-refractivity contribution in [2.75, 3.05) is 13.1 Å². The molecule has 3 aromatic heterocycles. The Hall–Kier alpha value is -2.55. The lowest BCUT2D eigenvalue weighted by Gasteiger charge is -2.32. The SMILES string of the molecule is O=C(CCCn1cncn1)N1CCC(c2nccn2Cc2cscn2)CC1. The van der Waals surface area contributed by atoms with Gasteiger partial charge >= 0.3 is 0 Å². The van der Waals surface area contributed by atoms with Gasteiger partial charge in [0.15, 0.2) is 0 Å². The molecule has 142 valence electrons. The van der Waals surface area contributed by atoms with Crippen molar-refractivity contribution in [2.45, 2.75) is 44.7 Å². The van der Waals surface area contributed by atoms with Crippen LogP contribution in [0, 0.1) is 0 Å². The lowest BCUT2D eigenvalue weighted by atomic mass is 9.95. The van der Waals surface area contributed by atoms with Gasteiger partial charge in [0.05, 0.1) is 17.7 Å². The van der Waals surface area contributed by atoms with Crippen molar-refractivity contribution in [1.82, 2.24) is 34.2 Å². The highest BCUT2D eigenvalue weighted by atomic mass is 32.1. The average Bonchev–Trinajstić information content (AvgIpc) is 3.45. The summed E-state index contributed by atoms with van der Waals surface area (Å²) in [5, 5.41) is 6.14. The number of amides is 1. The zero-order valence-electron chi connectivity index (χ0n) is 15.1. The number of rotatable bonds is 7. The van der Waals surface area contributed by atoms with E-state index in [1.54, 1.807) is 22.3 Å². The largest absolute Gasteiger partial charge is 0.343 e. The molecule has 0 aromatic carbocycles. The number of likely N-dealkylation sites (tertiary alicyclic amines) is 1. The highest BCUT2D eigenvalue weighted by molar-refractivity contribution is 7.07. The summed E-state index contributed by atoms with van der Waals surface area (Å²) in [6.07, 6.45) is 10.4. The van der Waals surface area contributed by atoms with Gasteiger partial charge in [-0.1, -0.05) is 0 Å². The Balaban J connectivity index is 1.26.